The van der Waals surface area contributed by atoms with Crippen LogP contribution in [0.25, 0.3) is 21.3 Å². The molecular weight excluding hydrogens is 408 g/mol. The van der Waals surface area contributed by atoms with Crippen molar-refractivity contribution in [3.63, 3.8) is 0 Å². The first kappa shape index (κ1) is 21.0. The molecule has 2 aromatic heterocycles. The molecule has 0 saturated heterocycles. The number of carbonyl (C=O) groups is 1. The number of hydrogen-bond acceptors (Lipinski definition) is 5. The largest absolute Gasteiger partial charge is 0.462 e. The Morgan fingerprint density at radius 3 is 2.65 bits per heavy atom. The third-order valence-electron chi connectivity index (χ3n) is 5.44. The van der Waals surface area contributed by atoms with Crippen molar-refractivity contribution < 1.29 is 9.53 Å². The highest BCUT2D eigenvalue weighted by Crippen LogP contribution is 2.36. The highest BCUT2D eigenvalue weighted by molar-refractivity contribution is 7.19. The van der Waals surface area contributed by atoms with Gasteiger partial charge < -0.3 is 4.74 Å². The van der Waals surface area contributed by atoms with Crippen molar-refractivity contribution in [2.45, 2.75) is 34.2 Å². The van der Waals surface area contributed by atoms with Gasteiger partial charge in [0.15, 0.2) is 0 Å². The van der Waals surface area contributed by atoms with E-state index in [0.29, 0.717) is 24.1 Å². The van der Waals surface area contributed by atoms with E-state index in [2.05, 4.69) is 37.0 Å². The monoisotopic (exact) mass is 432 g/mol. The number of nitrogens with zero attached hydrogens (tertiary/aromatic N) is 2. The minimum Gasteiger partial charge on any atom is -0.462 e. The Morgan fingerprint density at radius 1 is 1.10 bits per heavy atom. The lowest BCUT2D eigenvalue weighted by Gasteiger charge is -2.09. The average molecular weight is 433 g/mol. The molecule has 0 radical (unpaired) electrons. The van der Waals surface area contributed by atoms with Crippen LogP contribution >= 0.6 is 11.3 Å². The fourth-order valence-corrected chi connectivity index (χ4v) is 4.71. The van der Waals surface area contributed by atoms with Crippen molar-refractivity contribution >= 4 is 27.5 Å². The molecule has 0 aliphatic heterocycles. The molecule has 158 valence electrons. The van der Waals surface area contributed by atoms with E-state index in [1.807, 2.05) is 13.0 Å². The molecule has 0 fully saturated rings. The molecule has 0 atom stereocenters. The summed E-state index contributed by atoms with van der Waals surface area (Å²) in [6, 6.07) is 13.4. The summed E-state index contributed by atoms with van der Waals surface area (Å²) >= 11 is 1.54. The predicted molar refractivity (Wildman–Crippen MR) is 125 cm³/mol. The number of hydrogen-bond donors (Lipinski definition) is 0. The van der Waals surface area contributed by atoms with Crippen molar-refractivity contribution in [3.8, 4) is 11.1 Å². The smallest absolute Gasteiger partial charge is 0.338 e. The summed E-state index contributed by atoms with van der Waals surface area (Å²) < 4.78 is 6.68. The molecule has 5 nitrogen and oxygen atoms in total. The third kappa shape index (κ3) is 4.03. The Labute approximate surface area is 185 Å². The van der Waals surface area contributed by atoms with Gasteiger partial charge in [-0.3, -0.25) is 9.36 Å². The Bertz CT molecular complexity index is 1350. The number of rotatable bonds is 5. The molecule has 0 spiro atoms. The van der Waals surface area contributed by atoms with Gasteiger partial charge in [0.25, 0.3) is 5.56 Å². The van der Waals surface area contributed by atoms with Gasteiger partial charge in [0.05, 0.1) is 30.4 Å². The number of aryl methyl sites for hydroxylation is 3. The maximum absolute atomic E-state index is 13.5. The van der Waals surface area contributed by atoms with Crippen LogP contribution in [0.3, 0.4) is 0 Å². The van der Waals surface area contributed by atoms with Crippen molar-refractivity contribution in [2.75, 3.05) is 6.61 Å². The topological polar surface area (TPSA) is 61.2 Å². The first-order chi connectivity index (χ1) is 14.9. The first-order valence-corrected chi connectivity index (χ1v) is 11.0. The molecule has 0 amide bonds. The molecule has 0 aliphatic rings. The molecule has 0 bridgehead atoms. The minimum absolute atomic E-state index is 0.0795. The lowest BCUT2D eigenvalue weighted by molar-refractivity contribution is 0.0526. The van der Waals surface area contributed by atoms with E-state index in [0.717, 1.165) is 26.4 Å². The van der Waals surface area contributed by atoms with Crippen molar-refractivity contribution in [1.29, 1.82) is 0 Å². The highest BCUT2D eigenvalue weighted by atomic mass is 32.1. The van der Waals surface area contributed by atoms with Crippen LogP contribution in [0.5, 0.6) is 0 Å². The Hall–Kier alpha value is -3.25. The van der Waals surface area contributed by atoms with Crippen LogP contribution in [0.15, 0.2) is 53.6 Å². The standard InChI is InChI=1S/C25H24N2O3S/c1-5-30-25(29)20-8-6-7-18(12-20)13-27-14-26-23-22(24(27)28)21(17(4)31-23)19-10-9-15(2)16(3)11-19/h6-12,14H,5,13H2,1-4H3. The van der Waals surface area contributed by atoms with Crippen molar-refractivity contribution in [2.24, 2.45) is 0 Å². The van der Waals surface area contributed by atoms with Gasteiger partial charge in [-0.25, -0.2) is 9.78 Å². The maximum atomic E-state index is 13.5. The molecule has 4 rings (SSSR count). The average Bonchev–Trinajstić information content (AvgIpc) is 3.09. The normalized spacial score (nSPS) is 11.1. The summed E-state index contributed by atoms with van der Waals surface area (Å²) in [7, 11) is 0. The Morgan fingerprint density at radius 2 is 1.90 bits per heavy atom. The summed E-state index contributed by atoms with van der Waals surface area (Å²) in [6.07, 6.45) is 1.59. The van der Waals surface area contributed by atoms with Crippen LogP contribution < -0.4 is 5.56 Å². The summed E-state index contributed by atoms with van der Waals surface area (Å²) in [6.45, 7) is 8.62. The van der Waals surface area contributed by atoms with Crippen LogP contribution in [0.4, 0.5) is 0 Å². The Kier molecular flexibility index (Phi) is 5.74. The predicted octanol–water partition coefficient (Wildman–Crippen LogP) is 5.28. The van der Waals surface area contributed by atoms with E-state index < -0.39 is 0 Å². The molecule has 31 heavy (non-hydrogen) atoms. The molecular formula is C25H24N2O3S. The van der Waals surface area contributed by atoms with Gasteiger partial charge in [0.1, 0.15) is 4.83 Å². The van der Waals surface area contributed by atoms with Gasteiger partial charge in [-0.05, 0) is 62.1 Å². The second kappa shape index (κ2) is 8.47. The lowest BCUT2D eigenvalue weighted by atomic mass is 9.99. The van der Waals surface area contributed by atoms with Gasteiger partial charge in [0.2, 0.25) is 0 Å². The number of benzene rings is 2. The third-order valence-corrected chi connectivity index (χ3v) is 6.45. The van der Waals surface area contributed by atoms with E-state index in [9.17, 15) is 9.59 Å². The fourth-order valence-electron chi connectivity index (χ4n) is 3.70. The fraction of sp³-hybridized carbons (Fsp3) is 0.240. The molecule has 2 aromatic carbocycles. The first-order valence-electron chi connectivity index (χ1n) is 10.2. The Balaban J connectivity index is 1.78. The van der Waals surface area contributed by atoms with E-state index in [-0.39, 0.29) is 11.5 Å². The summed E-state index contributed by atoms with van der Waals surface area (Å²) in [5.41, 5.74) is 5.64. The number of thiophene rings is 1. The molecule has 0 saturated carbocycles. The van der Waals surface area contributed by atoms with E-state index in [1.165, 1.54) is 22.5 Å². The SMILES string of the molecule is CCOC(=O)c1cccc(Cn2cnc3sc(C)c(-c4ccc(C)c(C)c4)c3c2=O)c1. The van der Waals surface area contributed by atoms with Crippen molar-refractivity contribution in [1.82, 2.24) is 9.55 Å². The van der Waals surface area contributed by atoms with Crippen LogP contribution in [0, 0.1) is 20.8 Å². The van der Waals surface area contributed by atoms with Gasteiger partial charge in [-0.2, -0.15) is 0 Å². The van der Waals surface area contributed by atoms with E-state index in [4.69, 9.17) is 4.74 Å². The minimum atomic E-state index is -0.365. The number of esters is 1. The molecule has 0 N–H and O–H groups in total. The van der Waals surface area contributed by atoms with E-state index >= 15 is 0 Å². The molecule has 6 heteroatoms. The van der Waals surface area contributed by atoms with Gasteiger partial charge in [0, 0.05) is 10.4 Å². The number of fused-ring (bicyclic) bond motifs is 1. The zero-order valence-corrected chi connectivity index (χ0v) is 18.9. The second-order valence-electron chi connectivity index (χ2n) is 7.61. The molecule has 0 aliphatic carbocycles. The summed E-state index contributed by atoms with van der Waals surface area (Å²) in [5, 5.41) is 0.648. The van der Waals surface area contributed by atoms with Crippen molar-refractivity contribution in [3.05, 3.63) is 86.3 Å². The van der Waals surface area contributed by atoms with Crippen LogP contribution in [0.2, 0.25) is 0 Å². The zero-order valence-electron chi connectivity index (χ0n) is 18.1. The van der Waals surface area contributed by atoms with Crippen LogP contribution in [0.1, 0.15) is 38.8 Å². The quantitative estimate of drug-likeness (QED) is 0.403. The van der Waals surface area contributed by atoms with Gasteiger partial charge in [-0.1, -0.05) is 30.3 Å². The highest BCUT2D eigenvalue weighted by Gasteiger charge is 2.17. The zero-order chi connectivity index (χ0) is 22.1. The van der Waals surface area contributed by atoms with Crippen LogP contribution in [-0.4, -0.2) is 22.1 Å². The summed E-state index contributed by atoms with van der Waals surface area (Å²) in [4.78, 5) is 31.9. The second-order valence-corrected chi connectivity index (χ2v) is 8.81. The lowest BCUT2D eigenvalue weighted by Crippen LogP contribution is -2.21. The maximum Gasteiger partial charge on any atom is 0.338 e. The van der Waals surface area contributed by atoms with E-state index in [1.54, 1.807) is 36.0 Å². The molecule has 4 aromatic rings. The van der Waals surface area contributed by atoms with Gasteiger partial charge in [-0.15, -0.1) is 11.3 Å². The van der Waals surface area contributed by atoms with Crippen LogP contribution in [-0.2, 0) is 11.3 Å². The number of aromatic nitrogens is 2. The molecule has 2 heterocycles. The number of carbonyl (C=O) groups excluding carboxylic acids is 1. The molecule has 0 unspecified atom stereocenters. The number of ether oxygens (including phenoxy) is 1. The summed E-state index contributed by atoms with van der Waals surface area (Å²) in [5.74, 6) is -0.365. The van der Waals surface area contributed by atoms with Gasteiger partial charge >= 0.3 is 5.97 Å².